The number of nitrogens with two attached hydrogens (primary N) is 2. The van der Waals surface area contributed by atoms with Crippen LogP contribution in [0.25, 0.3) is 0 Å². The molecular weight excluding hydrogens is 480 g/mol. The minimum absolute atomic E-state index is 0.159. The van der Waals surface area contributed by atoms with Gasteiger partial charge in [0.15, 0.2) is 0 Å². The van der Waals surface area contributed by atoms with Gasteiger partial charge < -0.3 is 10.6 Å². The minimum atomic E-state index is -1.15. The molecule has 2 unspecified atom stereocenters. The Hall–Kier alpha value is -2.63. The van der Waals surface area contributed by atoms with Gasteiger partial charge in [-0.05, 0) is 59.8 Å². The molecule has 202 valence electrons. The molecule has 10 nitrogen and oxygen atoms in total. The second kappa shape index (κ2) is 15.5. The average molecular weight is 523 g/mol. The van der Waals surface area contributed by atoms with Crippen LogP contribution < -0.4 is 33.2 Å². The van der Waals surface area contributed by atoms with Crippen LogP contribution in [0.5, 0.6) is 0 Å². The van der Waals surface area contributed by atoms with Crippen molar-refractivity contribution in [3.8, 4) is 0 Å². The maximum atomic E-state index is 12.6. The molecule has 1 aliphatic carbocycles. The van der Waals surface area contributed by atoms with Crippen LogP contribution >= 0.6 is 11.8 Å². The summed E-state index contributed by atoms with van der Waals surface area (Å²) in [6.07, 6.45) is 10.8. The molecule has 1 aliphatic rings. The van der Waals surface area contributed by atoms with Gasteiger partial charge >= 0.3 is 0 Å². The van der Waals surface area contributed by atoms with Crippen LogP contribution in [-0.4, -0.2) is 46.2 Å². The molecule has 8 N–H and O–H groups in total. The lowest BCUT2D eigenvalue weighted by Crippen LogP contribution is -2.55. The summed E-state index contributed by atoms with van der Waals surface area (Å²) in [6, 6.07) is -1.15. The highest BCUT2D eigenvalue weighted by Gasteiger charge is 2.61. The number of carbonyl (C=O) groups is 4. The first-order valence-electron chi connectivity index (χ1n) is 12.1. The molecule has 36 heavy (non-hydrogen) atoms. The lowest BCUT2D eigenvalue weighted by atomic mass is 10.1. The van der Waals surface area contributed by atoms with Crippen molar-refractivity contribution in [2.24, 2.45) is 11.7 Å². The number of allylic oxidation sites excluding steroid dienone is 5. The Kier molecular flexibility index (Phi) is 13.5. The standard InChI is InChI=1S/C25H42N6O4S/c1-16(2)8-6-9-17(3)10-7-11-18(4)12-13-36-21-15-25(21,24(35)31-27)29-22(33)14-20(23(34)30-26)28-19(5)32/h8,10,12,20-21H,6-7,9,11,13-15,26-27H2,1-5H3,(H,28,32)(H,29,33)(H,30,34)(H,31,35)/b17-10+,18-12+/t20-,21?,25?/m0/s1. The fourth-order valence-electron chi connectivity index (χ4n) is 3.68. The number of nitrogens with one attached hydrogen (secondary N) is 4. The first-order valence-corrected chi connectivity index (χ1v) is 13.2. The molecule has 0 aromatic heterocycles. The van der Waals surface area contributed by atoms with Gasteiger partial charge in [0.2, 0.25) is 11.8 Å². The van der Waals surface area contributed by atoms with Crippen molar-refractivity contribution in [1.29, 1.82) is 0 Å². The third-order valence-electron chi connectivity index (χ3n) is 5.87. The number of hydrazine groups is 2. The lowest BCUT2D eigenvalue weighted by Gasteiger charge is -2.20. The molecule has 11 heteroatoms. The molecule has 0 spiro atoms. The van der Waals surface area contributed by atoms with E-state index in [0.29, 0.717) is 12.2 Å². The third kappa shape index (κ3) is 11.0. The van der Waals surface area contributed by atoms with E-state index >= 15 is 0 Å². The Morgan fingerprint density at radius 3 is 2.11 bits per heavy atom. The van der Waals surface area contributed by atoms with Gasteiger partial charge in [-0.15, -0.1) is 0 Å². The maximum absolute atomic E-state index is 12.6. The van der Waals surface area contributed by atoms with Crippen molar-refractivity contribution in [2.75, 3.05) is 5.75 Å². The van der Waals surface area contributed by atoms with Crippen molar-refractivity contribution in [1.82, 2.24) is 21.5 Å². The molecule has 1 fully saturated rings. The molecule has 3 atom stereocenters. The fourth-order valence-corrected chi connectivity index (χ4v) is 5.12. The maximum Gasteiger partial charge on any atom is 0.260 e. The average Bonchev–Trinajstić information content (AvgIpc) is 3.49. The quantitative estimate of drug-likeness (QED) is 0.0822. The van der Waals surface area contributed by atoms with Crippen molar-refractivity contribution < 1.29 is 19.2 Å². The SMILES string of the molecule is CC(=O)N[C@@H](CC(=O)NC1(C(=O)NN)CC1SC/C=C(\C)CC/C=C(\C)CCC=C(C)C)C(=O)NN. The summed E-state index contributed by atoms with van der Waals surface area (Å²) in [4.78, 5) is 48.2. The molecule has 0 heterocycles. The lowest BCUT2D eigenvalue weighted by molar-refractivity contribution is -0.133. The number of hydrogen-bond acceptors (Lipinski definition) is 7. The number of carbonyl (C=O) groups excluding carboxylic acids is 4. The van der Waals surface area contributed by atoms with Crippen LogP contribution in [0, 0.1) is 0 Å². The molecule has 4 amide bonds. The minimum Gasteiger partial charge on any atom is -0.344 e. The van der Waals surface area contributed by atoms with Gasteiger partial charge in [-0.3, -0.25) is 30.0 Å². The highest BCUT2D eigenvalue weighted by atomic mass is 32.2. The number of hydrogen-bond donors (Lipinski definition) is 6. The Bertz CT molecular complexity index is 897. The van der Waals surface area contributed by atoms with Gasteiger partial charge in [0.25, 0.3) is 11.8 Å². The van der Waals surface area contributed by atoms with Crippen LogP contribution in [-0.2, 0) is 19.2 Å². The zero-order chi connectivity index (χ0) is 27.3. The summed E-state index contributed by atoms with van der Waals surface area (Å²) < 4.78 is 0. The molecule has 0 saturated heterocycles. The highest BCUT2D eigenvalue weighted by Crippen LogP contribution is 2.46. The molecule has 0 radical (unpaired) electrons. The van der Waals surface area contributed by atoms with Crippen LogP contribution in [0.1, 0.15) is 73.1 Å². The summed E-state index contributed by atoms with van der Waals surface area (Å²) in [7, 11) is 0. The van der Waals surface area contributed by atoms with E-state index in [0.717, 1.165) is 25.7 Å². The summed E-state index contributed by atoms with van der Waals surface area (Å²) in [5.41, 5.74) is 6.89. The fraction of sp³-hybridized carbons (Fsp3) is 0.600. The normalized spacial score (nSPS) is 20.1. The Morgan fingerprint density at radius 1 is 0.944 bits per heavy atom. The summed E-state index contributed by atoms with van der Waals surface area (Å²) >= 11 is 1.56. The van der Waals surface area contributed by atoms with E-state index in [1.165, 1.54) is 23.6 Å². The van der Waals surface area contributed by atoms with Crippen LogP contribution in [0.15, 0.2) is 34.9 Å². The van der Waals surface area contributed by atoms with E-state index in [9.17, 15) is 19.2 Å². The second-order valence-corrected chi connectivity index (χ2v) is 10.7. The topological polar surface area (TPSA) is 168 Å². The first-order chi connectivity index (χ1) is 16.9. The first kappa shape index (κ1) is 31.4. The van der Waals surface area contributed by atoms with Gasteiger partial charge in [0.1, 0.15) is 11.6 Å². The molecule has 1 saturated carbocycles. The number of rotatable bonds is 15. The Balaban J connectivity index is 2.60. The second-order valence-electron chi connectivity index (χ2n) is 9.44. The Morgan fingerprint density at radius 2 is 1.56 bits per heavy atom. The van der Waals surface area contributed by atoms with E-state index in [1.807, 2.05) is 5.43 Å². The van der Waals surface area contributed by atoms with Crippen molar-refractivity contribution in [3.63, 3.8) is 0 Å². The Labute approximate surface area is 218 Å². The predicted molar refractivity (Wildman–Crippen MR) is 144 cm³/mol. The van der Waals surface area contributed by atoms with Gasteiger partial charge in [-0.25, -0.2) is 11.7 Å². The summed E-state index contributed by atoms with van der Waals surface area (Å²) in [6.45, 7) is 9.70. The van der Waals surface area contributed by atoms with E-state index in [-0.39, 0.29) is 11.7 Å². The summed E-state index contributed by atoms with van der Waals surface area (Å²) in [5.74, 6) is 8.92. The van der Waals surface area contributed by atoms with Gasteiger partial charge in [0, 0.05) is 17.9 Å². The molecule has 0 aromatic carbocycles. The van der Waals surface area contributed by atoms with Crippen LogP contribution in [0.2, 0.25) is 0 Å². The van der Waals surface area contributed by atoms with Crippen molar-refractivity contribution in [2.45, 2.75) is 90.0 Å². The molecule has 1 rings (SSSR count). The zero-order valence-electron chi connectivity index (χ0n) is 22.0. The zero-order valence-corrected chi connectivity index (χ0v) is 22.8. The highest BCUT2D eigenvalue weighted by molar-refractivity contribution is 8.00. The van der Waals surface area contributed by atoms with E-state index in [4.69, 9.17) is 11.7 Å². The summed E-state index contributed by atoms with van der Waals surface area (Å²) in [5, 5.41) is 4.91. The van der Waals surface area contributed by atoms with E-state index in [2.05, 4.69) is 62.0 Å². The third-order valence-corrected chi connectivity index (χ3v) is 7.20. The monoisotopic (exact) mass is 522 g/mol. The van der Waals surface area contributed by atoms with E-state index < -0.39 is 35.2 Å². The smallest absolute Gasteiger partial charge is 0.260 e. The van der Waals surface area contributed by atoms with Gasteiger partial charge in [-0.2, -0.15) is 11.8 Å². The van der Waals surface area contributed by atoms with E-state index in [1.54, 1.807) is 11.8 Å². The number of amides is 4. The largest absolute Gasteiger partial charge is 0.344 e. The molecule has 0 bridgehead atoms. The van der Waals surface area contributed by atoms with Gasteiger partial charge in [-0.1, -0.05) is 34.9 Å². The molecular formula is C25H42N6O4S. The molecule has 0 aromatic rings. The van der Waals surface area contributed by atoms with Crippen LogP contribution in [0.4, 0.5) is 0 Å². The van der Waals surface area contributed by atoms with Crippen LogP contribution in [0.3, 0.4) is 0 Å². The van der Waals surface area contributed by atoms with Crippen molar-refractivity contribution in [3.05, 3.63) is 34.9 Å². The number of thioether (sulfide) groups is 1. The van der Waals surface area contributed by atoms with Crippen molar-refractivity contribution >= 4 is 35.4 Å². The molecule has 0 aliphatic heterocycles. The van der Waals surface area contributed by atoms with Gasteiger partial charge in [0.05, 0.1) is 6.42 Å². The predicted octanol–water partition coefficient (Wildman–Crippen LogP) is 1.64.